The Morgan fingerprint density at radius 2 is 1.07 bits per heavy atom. The number of rotatable bonds is 20. The number of hydrogen-bond donors (Lipinski definition) is 0. The fourth-order valence-corrected chi connectivity index (χ4v) is 11.1. The van der Waals surface area contributed by atoms with Crippen LogP contribution < -0.4 is 28.7 Å². The Labute approximate surface area is 411 Å². The van der Waals surface area contributed by atoms with E-state index in [9.17, 15) is 26.4 Å². The van der Waals surface area contributed by atoms with E-state index in [4.69, 9.17) is 28.1 Å². The average Bonchev–Trinajstić information content (AvgIpc) is 4.11. The number of ether oxygens (including phenoxy) is 6. The van der Waals surface area contributed by atoms with Crippen LogP contribution in [0.25, 0.3) is 21.8 Å². The molecule has 8 rings (SSSR count). The van der Waals surface area contributed by atoms with E-state index in [1.807, 2.05) is 69.5 Å². The molecule has 22 heteroatoms. The first kappa shape index (κ1) is 51.1. The maximum absolute atomic E-state index is 13.1. The van der Waals surface area contributed by atoms with Crippen molar-refractivity contribution in [3.8, 4) is 44.8 Å². The van der Waals surface area contributed by atoms with Crippen molar-refractivity contribution in [2.75, 3.05) is 75.7 Å². The highest BCUT2D eigenvalue weighted by Gasteiger charge is 2.31. The Bertz CT molecular complexity index is 2640. The fourth-order valence-electron chi connectivity index (χ4n) is 7.59. The van der Waals surface area contributed by atoms with Crippen molar-refractivity contribution in [2.24, 2.45) is 0 Å². The summed E-state index contributed by atoms with van der Waals surface area (Å²) in [5, 5.41) is 2.66. The zero-order valence-corrected chi connectivity index (χ0v) is 41.4. The average molecular weight is 1020 g/mol. The van der Waals surface area contributed by atoms with Crippen molar-refractivity contribution >= 4 is 55.7 Å². The molecule has 70 heavy (non-hydrogen) atoms. The summed E-state index contributed by atoms with van der Waals surface area (Å²) in [4.78, 5) is 34.2. The van der Waals surface area contributed by atoms with Crippen LogP contribution >= 0.6 is 11.3 Å². The monoisotopic (exact) mass is 1020 g/mol. The van der Waals surface area contributed by atoms with Crippen LogP contribution in [0.5, 0.6) is 23.0 Å². The number of oxazole rings is 1. The Balaban J connectivity index is 0.000000206. The van der Waals surface area contributed by atoms with E-state index in [1.165, 1.54) is 32.6 Å². The molecular weight excluding hydrogens is 965 g/mol. The second kappa shape index (κ2) is 23.7. The summed E-state index contributed by atoms with van der Waals surface area (Å²) in [6.45, 7) is 11.3. The van der Waals surface area contributed by atoms with Gasteiger partial charge in [0, 0.05) is 93.0 Å². The van der Waals surface area contributed by atoms with Crippen LogP contribution in [-0.2, 0) is 39.1 Å². The van der Waals surface area contributed by atoms with Crippen LogP contribution in [0.2, 0.25) is 0 Å². The van der Waals surface area contributed by atoms with Gasteiger partial charge < -0.3 is 42.6 Å². The predicted molar refractivity (Wildman–Crippen MR) is 261 cm³/mol. The molecule has 0 aliphatic carbocycles. The number of anilines is 2. The normalized spacial score (nSPS) is 14.7. The van der Waals surface area contributed by atoms with Crippen LogP contribution in [0, 0.1) is 0 Å². The Morgan fingerprint density at radius 3 is 1.47 bits per heavy atom. The molecule has 2 aliphatic rings. The molecule has 0 spiro atoms. The van der Waals surface area contributed by atoms with Crippen molar-refractivity contribution in [1.29, 1.82) is 0 Å². The number of benzene rings is 4. The van der Waals surface area contributed by atoms with E-state index in [1.54, 1.807) is 54.7 Å². The SMILES string of the molecule is CC(C)Oc1ccc(S(=O)(=O)N2CCN(c3ccc(-c4cocn4)c(OCOC=O)c3)CC2)cc1.CC(C)Oc1ccc(S(=O)(=O)N2CCN(c3ccc(-c4nccs4)c(OCOC=O)c3)CC2)cc1. The van der Waals surface area contributed by atoms with Crippen LogP contribution in [-0.4, -0.2) is 127 Å². The third-order valence-electron chi connectivity index (χ3n) is 10.9. The molecule has 4 heterocycles. The van der Waals surface area contributed by atoms with Crippen LogP contribution in [0.15, 0.2) is 123 Å². The van der Waals surface area contributed by atoms with Gasteiger partial charge in [-0.15, -0.1) is 11.3 Å². The van der Waals surface area contributed by atoms with E-state index < -0.39 is 20.0 Å². The first-order valence-electron chi connectivity index (χ1n) is 22.2. The van der Waals surface area contributed by atoms with Gasteiger partial charge in [-0.25, -0.2) is 26.8 Å². The van der Waals surface area contributed by atoms with Gasteiger partial charge in [0.05, 0.1) is 27.6 Å². The number of hydrogen-bond acceptors (Lipinski definition) is 18. The summed E-state index contributed by atoms with van der Waals surface area (Å²) in [6, 6.07) is 24.3. The standard InChI is InChI=1S/C24H27N3O7S.C24H27N3O6S2/c1-18(2)34-20-4-6-21(7-5-20)35(29,30)27-11-9-26(10-12-27)19-3-8-22(23-14-31-15-25-23)24(13-19)33-17-32-16-28;1-18(2)33-20-4-6-21(7-5-20)35(29,30)27-12-10-26(11-13-27)19-3-8-22(24-25-9-14-34-24)23(15-19)32-17-31-16-28/h3-8,13-16,18H,9-12,17H2,1-2H3;3-9,14-16,18H,10-13,17H2,1-2H3. The molecule has 372 valence electrons. The molecule has 6 aromatic rings. The third kappa shape index (κ3) is 12.9. The molecule has 0 radical (unpaired) electrons. The molecule has 0 saturated carbocycles. The lowest BCUT2D eigenvalue weighted by atomic mass is 10.1. The number of aromatic nitrogens is 2. The maximum Gasteiger partial charge on any atom is 0.295 e. The molecule has 2 aliphatic heterocycles. The summed E-state index contributed by atoms with van der Waals surface area (Å²) in [5.74, 6) is 2.28. The van der Waals surface area contributed by atoms with Gasteiger partial charge in [0.15, 0.2) is 6.39 Å². The van der Waals surface area contributed by atoms with E-state index in [-0.39, 0.29) is 35.6 Å². The van der Waals surface area contributed by atoms with Crippen LogP contribution in [0.3, 0.4) is 0 Å². The highest BCUT2D eigenvalue weighted by Crippen LogP contribution is 2.37. The Hall–Kier alpha value is -6.72. The van der Waals surface area contributed by atoms with E-state index in [0.29, 0.717) is 99.6 Å². The molecule has 0 N–H and O–H groups in total. The van der Waals surface area contributed by atoms with Crippen molar-refractivity contribution < 1.29 is 59.3 Å². The minimum absolute atomic E-state index is 0.0130. The van der Waals surface area contributed by atoms with Gasteiger partial charge >= 0.3 is 0 Å². The summed E-state index contributed by atoms with van der Waals surface area (Å²) >= 11 is 1.48. The number of carbonyl (C=O) groups excluding carboxylic acids is 2. The second-order valence-electron chi connectivity index (χ2n) is 16.2. The Morgan fingerprint density at radius 1 is 0.614 bits per heavy atom. The lowest BCUT2D eigenvalue weighted by molar-refractivity contribution is -0.135. The summed E-state index contributed by atoms with van der Waals surface area (Å²) < 4.78 is 92.5. The molecule has 2 saturated heterocycles. The highest BCUT2D eigenvalue weighted by molar-refractivity contribution is 7.89. The largest absolute Gasteiger partial charge is 0.491 e. The minimum atomic E-state index is -3.61. The van der Waals surface area contributed by atoms with Gasteiger partial charge in [-0.2, -0.15) is 8.61 Å². The fraction of sp³-hybridized carbons (Fsp3) is 0.333. The summed E-state index contributed by atoms with van der Waals surface area (Å²) in [6.07, 6.45) is 4.56. The molecule has 2 fully saturated rings. The lowest BCUT2D eigenvalue weighted by Gasteiger charge is -2.35. The highest BCUT2D eigenvalue weighted by atomic mass is 32.2. The van der Waals surface area contributed by atoms with Gasteiger partial charge in [0.25, 0.3) is 12.9 Å². The quantitative estimate of drug-likeness (QED) is 0.0439. The van der Waals surface area contributed by atoms with Gasteiger partial charge in [-0.3, -0.25) is 9.59 Å². The topological polar surface area (TPSA) is 210 Å². The second-order valence-corrected chi connectivity index (χ2v) is 21.0. The first-order valence-corrected chi connectivity index (χ1v) is 26.0. The van der Waals surface area contributed by atoms with Gasteiger partial charge in [-0.05, 0) is 100 Å². The smallest absolute Gasteiger partial charge is 0.295 e. The number of piperazine rings is 2. The molecule has 4 aromatic carbocycles. The molecular formula is C48H54N6O13S3. The molecule has 0 amide bonds. The number of sulfonamides is 2. The molecule has 2 aromatic heterocycles. The number of nitrogens with zero attached hydrogens (tertiary/aromatic N) is 6. The summed E-state index contributed by atoms with van der Waals surface area (Å²) in [7, 11) is -7.22. The van der Waals surface area contributed by atoms with Crippen molar-refractivity contribution in [3.05, 3.63) is 109 Å². The van der Waals surface area contributed by atoms with Gasteiger partial charge in [-0.1, -0.05) is 0 Å². The first-order chi connectivity index (χ1) is 33.8. The zero-order chi connectivity index (χ0) is 49.7. The zero-order valence-electron chi connectivity index (χ0n) is 39.0. The van der Waals surface area contributed by atoms with Crippen molar-refractivity contribution in [3.63, 3.8) is 0 Å². The summed E-state index contributed by atoms with van der Waals surface area (Å²) in [5.41, 5.74) is 3.80. The Kier molecular flexibility index (Phi) is 17.3. The van der Waals surface area contributed by atoms with Crippen LogP contribution in [0.4, 0.5) is 11.4 Å². The maximum atomic E-state index is 13.1. The minimum Gasteiger partial charge on any atom is -0.491 e. The van der Waals surface area contributed by atoms with Crippen LogP contribution in [0.1, 0.15) is 27.7 Å². The third-order valence-corrected chi connectivity index (χ3v) is 15.5. The lowest BCUT2D eigenvalue weighted by Crippen LogP contribution is -2.48. The van der Waals surface area contributed by atoms with E-state index in [2.05, 4.69) is 24.5 Å². The van der Waals surface area contributed by atoms with E-state index in [0.717, 1.165) is 21.9 Å². The number of thiazole rings is 1. The molecule has 0 bridgehead atoms. The van der Waals surface area contributed by atoms with Crippen molar-refractivity contribution in [1.82, 2.24) is 18.6 Å². The molecule has 19 nitrogen and oxygen atoms in total. The van der Waals surface area contributed by atoms with E-state index >= 15 is 0 Å². The number of carbonyl (C=O) groups is 2. The molecule has 0 atom stereocenters. The van der Waals surface area contributed by atoms with Crippen molar-refractivity contribution in [2.45, 2.75) is 49.7 Å². The van der Waals surface area contributed by atoms with Gasteiger partial charge in [0.1, 0.15) is 40.0 Å². The molecule has 0 unspecified atom stereocenters. The van der Waals surface area contributed by atoms with Gasteiger partial charge in [0.2, 0.25) is 33.6 Å². The predicted octanol–water partition coefficient (Wildman–Crippen LogP) is 6.77.